The smallest absolute Gasteiger partial charge is 0.256 e. The van der Waals surface area contributed by atoms with Gasteiger partial charge in [-0.25, -0.2) is 4.39 Å². The number of carbonyl (C=O) groups is 1. The van der Waals surface area contributed by atoms with Crippen LogP contribution in [0.4, 0.5) is 4.39 Å². The van der Waals surface area contributed by atoms with E-state index >= 15 is 0 Å². The van der Waals surface area contributed by atoms with Gasteiger partial charge in [0.2, 0.25) is 0 Å². The van der Waals surface area contributed by atoms with Gasteiger partial charge in [0, 0.05) is 30.2 Å². The van der Waals surface area contributed by atoms with Gasteiger partial charge in [0.05, 0.1) is 5.56 Å². The van der Waals surface area contributed by atoms with E-state index in [1.54, 1.807) is 4.90 Å². The Kier molecular flexibility index (Phi) is 4.04. The molecule has 19 heavy (non-hydrogen) atoms. The lowest BCUT2D eigenvalue weighted by molar-refractivity contribution is 0.0686. The van der Waals surface area contributed by atoms with E-state index in [1.165, 1.54) is 18.2 Å². The lowest BCUT2D eigenvalue weighted by Crippen LogP contribution is -2.54. The SMILES string of the molecule is Cl.O=C(c1cc(Cl)ccc1F)N1CCNC2(CC2)C1. The molecule has 0 bridgehead atoms. The summed E-state index contributed by atoms with van der Waals surface area (Å²) >= 11 is 5.82. The Bertz CT molecular complexity index is 505. The summed E-state index contributed by atoms with van der Waals surface area (Å²) in [7, 11) is 0. The van der Waals surface area contributed by atoms with E-state index in [4.69, 9.17) is 11.6 Å². The first-order chi connectivity index (χ1) is 8.60. The van der Waals surface area contributed by atoms with Crippen LogP contribution < -0.4 is 5.32 Å². The molecule has 1 saturated carbocycles. The summed E-state index contributed by atoms with van der Waals surface area (Å²) in [5, 5.41) is 3.80. The first-order valence-electron chi connectivity index (χ1n) is 6.09. The van der Waals surface area contributed by atoms with Crippen molar-refractivity contribution in [2.45, 2.75) is 18.4 Å². The second-order valence-electron chi connectivity index (χ2n) is 5.06. The lowest BCUT2D eigenvalue weighted by atomic mass is 10.1. The Morgan fingerprint density at radius 3 is 2.84 bits per heavy atom. The lowest BCUT2D eigenvalue weighted by Gasteiger charge is -2.34. The zero-order valence-corrected chi connectivity index (χ0v) is 11.9. The normalized spacial score (nSPS) is 20.0. The Morgan fingerprint density at radius 1 is 1.42 bits per heavy atom. The van der Waals surface area contributed by atoms with E-state index in [-0.39, 0.29) is 29.4 Å². The molecular formula is C13H15Cl2FN2O. The van der Waals surface area contributed by atoms with Gasteiger partial charge in [-0.3, -0.25) is 4.79 Å². The van der Waals surface area contributed by atoms with Crippen molar-refractivity contribution in [3.63, 3.8) is 0 Å². The van der Waals surface area contributed by atoms with Gasteiger partial charge in [-0.2, -0.15) is 0 Å². The van der Waals surface area contributed by atoms with E-state index in [0.717, 1.165) is 19.4 Å². The van der Waals surface area contributed by atoms with Crippen molar-refractivity contribution in [1.82, 2.24) is 10.2 Å². The van der Waals surface area contributed by atoms with Crippen LogP contribution in [0.15, 0.2) is 18.2 Å². The van der Waals surface area contributed by atoms with Crippen LogP contribution in [0.2, 0.25) is 5.02 Å². The molecule has 1 N–H and O–H groups in total. The van der Waals surface area contributed by atoms with E-state index < -0.39 is 5.82 Å². The molecule has 0 unspecified atom stereocenters. The fraction of sp³-hybridized carbons (Fsp3) is 0.462. The molecule has 104 valence electrons. The third-order valence-electron chi connectivity index (χ3n) is 3.67. The number of halogens is 3. The minimum Gasteiger partial charge on any atom is -0.335 e. The van der Waals surface area contributed by atoms with Crippen LogP contribution in [-0.4, -0.2) is 36.0 Å². The molecule has 1 heterocycles. The number of piperazine rings is 1. The highest BCUT2D eigenvalue weighted by Crippen LogP contribution is 2.37. The Morgan fingerprint density at radius 2 is 2.16 bits per heavy atom. The largest absolute Gasteiger partial charge is 0.335 e. The molecule has 1 aliphatic heterocycles. The molecule has 3 nitrogen and oxygen atoms in total. The Labute approximate surface area is 122 Å². The molecular weight excluding hydrogens is 290 g/mol. The topological polar surface area (TPSA) is 32.3 Å². The second kappa shape index (κ2) is 5.27. The van der Waals surface area contributed by atoms with Crippen LogP contribution in [0.25, 0.3) is 0 Å². The van der Waals surface area contributed by atoms with Crippen molar-refractivity contribution in [1.29, 1.82) is 0 Å². The standard InChI is InChI=1S/C13H14ClFN2O.ClH/c14-9-1-2-11(15)10(7-9)12(18)17-6-5-16-13(8-17)3-4-13;/h1-2,7,16H,3-6,8H2;1H. The first-order valence-corrected chi connectivity index (χ1v) is 6.47. The monoisotopic (exact) mass is 304 g/mol. The summed E-state index contributed by atoms with van der Waals surface area (Å²) in [5.74, 6) is -0.768. The van der Waals surface area contributed by atoms with Gasteiger partial charge in [-0.15, -0.1) is 12.4 Å². The maximum absolute atomic E-state index is 13.7. The third-order valence-corrected chi connectivity index (χ3v) is 3.91. The molecule has 1 amide bonds. The number of nitrogens with one attached hydrogen (secondary N) is 1. The molecule has 1 aromatic rings. The van der Waals surface area contributed by atoms with Crippen molar-refractivity contribution in [3.05, 3.63) is 34.6 Å². The number of amides is 1. The summed E-state index contributed by atoms with van der Waals surface area (Å²) in [5.41, 5.74) is 0.170. The fourth-order valence-electron chi connectivity index (χ4n) is 2.45. The number of nitrogens with zero attached hydrogens (tertiary/aromatic N) is 1. The number of benzene rings is 1. The molecule has 0 radical (unpaired) electrons. The molecule has 6 heteroatoms. The first kappa shape index (κ1) is 14.6. The summed E-state index contributed by atoms with van der Waals surface area (Å²) in [6.45, 7) is 2.05. The van der Waals surface area contributed by atoms with Crippen molar-refractivity contribution >= 4 is 29.9 Å². The summed E-state index contributed by atoms with van der Waals surface area (Å²) in [6.07, 6.45) is 2.18. The number of carbonyl (C=O) groups excluding carboxylic acids is 1. The molecule has 0 aromatic heterocycles. The van der Waals surface area contributed by atoms with Gasteiger partial charge >= 0.3 is 0 Å². The molecule has 1 saturated heterocycles. The van der Waals surface area contributed by atoms with Gasteiger partial charge in [-0.1, -0.05) is 11.6 Å². The zero-order chi connectivity index (χ0) is 12.8. The van der Waals surface area contributed by atoms with Gasteiger partial charge in [-0.05, 0) is 31.0 Å². The summed E-state index contributed by atoms with van der Waals surface area (Å²) in [6, 6.07) is 4.10. The van der Waals surface area contributed by atoms with Crippen LogP contribution >= 0.6 is 24.0 Å². The maximum atomic E-state index is 13.7. The van der Waals surface area contributed by atoms with Gasteiger partial charge < -0.3 is 10.2 Å². The molecule has 0 atom stereocenters. The summed E-state index contributed by atoms with van der Waals surface area (Å²) < 4.78 is 13.7. The van der Waals surface area contributed by atoms with Gasteiger partial charge in [0.15, 0.2) is 0 Å². The fourth-order valence-corrected chi connectivity index (χ4v) is 2.62. The highest BCUT2D eigenvalue weighted by atomic mass is 35.5. The number of hydrogen-bond acceptors (Lipinski definition) is 2. The highest BCUT2D eigenvalue weighted by molar-refractivity contribution is 6.31. The highest BCUT2D eigenvalue weighted by Gasteiger charge is 2.46. The van der Waals surface area contributed by atoms with Crippen LogP contribution in [0, 0.1) is 5.82 Å². The molecule has 2 aliphatic rings. The molecule has 1 spiro atoms. The van der Waals surface area contributed by atoms with E-state index in [2.05, 4.69) is 5.32 Å². The van der Waals surface area contributed by atoms with E-state index in [1.807, 2.05) is 0 Å². The minimum atomic E-state index is -0.507. The Balaban J connectivity index is 0.00000133. The predicted molar refractivity (Wildman–Crippen MR) is 74.5 cm³/mol. The average Bonchev–Trinajstić information content (AvgIpc) is 3.10. The van der Waals surface area contributed by atoms with Crippen molar-refractivity contribution in [2.24, 2.45) is 0 Å². The quantitative estimate of drug-likeness (QED) is 0.864. The third kappa shape index (κ3) is 2.86. The van der Waals surface area contributed by atoms with Crippen LogP contribution in [-0.2, 0) is 0 Å². The van der Waals surface area contributed by atoms with E-state index in [0.29, 0.717) is 18.1 Å². The van der Waals surface area contributed by atoms with Gasteiger partial charge in [0.1, 0.15) is 5.82 Å². The van der Waals surface area contributed by atoms with Crippen molar-refractivity contribution < 1.29 is 9.18 Å². The zero-order valence-electron chi connectivity index (χ0n) is 10.3. The average molecular weight is 305 g/mol. The number of hydrogen-bond donors (Lipinski definition) is 1. The Hall–Kier alpha value is -0.840. The molecule has 3 rings (SSSR count). The predicted octanol–water partition coefficient (Wildman–Crippen LogP) is 2.48. The second-order valence-corrected chi connectivity index (χ2v) is 5.49. The van der Waals surface area contributed by atoms with E-state index in [9.17, 15) is 9.18 Å². The van der Waals surface area contributed by atoms with Crippen LogP contribution in [0.1, 0.15) is 23.2 Å². The molecule has 2 fully saturated rings. The minimum absolute atomic E-state index is 0. The van der Waals surface area contributed by atoms with Crippen LogP contribution in [0.3, 0.4) is 0 Å². The molecule has 1 aromatic carbocycles. The summed E-state index contributed by atoms with van der Waals surface area (Å²) in [4.78, 5) is 14.0. The molecule has 1 aliphatic carbocycles. The van der Waals surface area contributed by atoms with Crippen molar-refractivity contribution in [2.75, 3.05) is 19.6 Å². The van der Waals surface area contributed by atoms with Crippen LogP contribution in [0.5, 0.6) is 0 Å². The number of rotatable bonds is 1. The van der Waals surface area contributed by atoms with Crippen molar-refractivity contribution in [3.8, 4) is 0 Å². The maximum Gasteiger partial charge on any atom is 0.256 e. The van der Waals surface area contributed by atoms with Gasteiger partial charge in [0.25, 0.3) is 5.91 Å².